The Morgan fingerprint density at radius 1 is 0.963 bits per heavy atom. The number of sulfonamides is 1. The Hall–Kier alpha value is -2.38. The number of hydrogen-bond acceptors (Lipinski definition) is 4. The van der Waals surface area contributed by atoms with Gasteiger partial charge >= 0.3 is 0 Å². The molecule has 0 aromatic heterocycles. The van der Waals surface area contributed by atoms with Crippen LogP contribution in [0.5, 0.6) is 0 Å². The molecule has 1 saturated heterocycles. The van der Waals surface area contributed by atoms with Crippen LogP contribution in [0.3, 0.4) is 0 Å². The van der Waals surface area contributed by atoms with E-state index in [9.17, 15) is 13.2 Å². The molecule has 27 heavy (non-hydrogen) atoms. The molecule has 0 saturated carbocycles. The Morgan fingerprint density at radius 3 is 2.15 bits per heavy atom. The van der Waals surface area contributed by atoms with Crippen LogP contribution in [0.25, 0.3) is 0 Å². The van der Waals surface area contributed by atoms with Crippen LogP contribution < -0.4 is 15.4 Å². The summed E-state index contributed by atoms with van der Waals surface area (Å²) < 4.78 is 22.5. The predicted molar refractivity (Wildman–Crippen MR) is 106 cm³/mol. The van der Waals surface area contributed by atoms with Gasteiger partial charge in [-0.05, 0) is 54.7 Å². The van der Waals surface area contributed by atoms with Crippen molar-refractivity contribution < 1.29 is 13.2 Å². The van der Waals surface area contributed by atoms with Crippen molar-refractivity contribution in [1.82, 2.24) is 5.32 Å². The zero-order valence-corrected chi connectivity index (χ0v) is 16.0. The third kappa shape index (κ3) is 5.55. The van der Waals surface area contributed by atoms with Crippen LogP contribution in [0.4, 0.5) is 5.69 Å². The summed E-state index contributed by atoms with van der Waals surface area (Å²) in [4.78, 5) is 14.5. The van der Waals surface area contributed by atoms with Gasteiger partial charge < -0.3 is 10.2 Å². The number of anilines is 1. The highest BCUT2D eigenvalue weighted by Gasteiger charge is 2.12. The van der Waals surface area contributed by atoms with E-state index in [1.165, 1.54) is 30.7 Å². The molecule has 7 heteroatoms. The highest BCUT2D eigenvalue weighted by atomic mass is 32.2. The van der Waals surface area contributed by atoms with Crippen molar-refractivity contribution >= 4 is 21.6 Å². The molecule has 3 rings (SSSR count). The van der Waals surface area contributed by atoms with Crippen LogP contribution >= 0.6 is 0 Å². The fourth-order valence-corrected chi connectivity index (χ4v) is 3.71. The first kappa shape index (κ1) is 19.4. The van der Waals surface area contributed by atoms with Crippen molar-refractivity contribution in [3.8, 4) is 0 Å². The van der Waals surface area contributed by atoms with E-state index in [1.54, 1.807) is 12.1 Å². The molecule has 0 aliphatic carbocycles. The standard InChI is InChI=1S/C20H25N3O3S/c21-27(25,26)19-10-5-16(6-11-19)7-12-20(24)22-15-17-3-8-18(9-4-17)23-13-1-2-14-23/h3-6,8-11H,1-2,7,12-15H2,(H,22,24)(H2,21,25,26). The molecule has 144 valence electrons. The number of amides is 1. The molecule has 0 unspecified atom stereocenters. The molecule has 0 radical (unpaired) electrons. The maximum atomic E-state index is 12.1. The molecule has 6 nitrogen and oxygen atoms in total. The van der Waals surface area contributed by atoms with Crippen molar-refractivity contribution in [2.45, 2.75) is 37.1 Å². The highest BCUT2D eigenvalue weighted by Crippen LogP contribution is 2.20. The molecular formula is C20H25N3O3S. The van der Waals surface area contributed by atoms with Crippen LogP contribution in [0.2, 0.25) is 0 Å². The molecule has 0 bridgehead atoms. The summed E-state index contributed by atoms with van der Waals surface area (Å²) in [5.74, 6) is -0.0332. The minimum absolute atomic E-state index is 0.0332. The van der Waals surface area contributed by atoms with Crippen LogP contribution in [0, 0.1) is 0 Å². The monoisotopic (exact) mass is 387 g/mol. The van der Waals surface area contributed by atoms with Crippen molar-refractivity contribution in [2.75, 3.05) is 18.0 Å². The summed E-state index contributed by atoms with van der Waals surface area (Å²) in [6.07, 6.45) is 3.40. The van der Waals surface area contributed by atoms with E-state index in [-0.39, 0.29) is 10.8 Å². The number of hydrogen-bond donors (Lipinski definition) is 2. The minimum atomic E-state index is -3.68. The first-order valence-corrected chi connectivity index (χ1v) is 10.7. The lowest BCUT2D eigenvalue weighted by molar-refractivity contribution is -0.121. The minimum Gasteiger partial charge on any atom is -0.372 e. The molecule has 3 N–H and O–H groups in total. The molecule has 2 aromatic rings. The summed E-state index contributed by atoms with van der Waals surface area (Å²) in [6.45, 7) is 2.74. The summed E-state index contributed by atoms with van der Waals surface area (Å²) in [7, 11) is -3.68. The number of nitrogens with two attached hydrogens (primary N) is 1. The van der Waals surface area contributed by atoms with E-state index in [0.717, 1.165) is 24.2 Å². The Bertz CT molecular complexity index is 872. The molecular weight excluding hydrogens is 362 g/mol. The quantitative estimate of drug-likeness (QED) is 0.762. The second kappa shape index (κ2) is 8.54. The lowest BCUT2D eigenvalue weighted by atomic mass is 10.1. The molecule has 1 heterocycles. The number of aryl methyl sites for hydroxylation is 1. The van der Waals surface area contributed by atoms with Gasteiger partial charge in [-0.2, -0.15) is 0 Å². The second-order valence-corrected chi connectivity index (χ2v) is 8.39. The first-order valence-electron chi connectivity index (χ1n) is 9.14. The summed E-state index contributed by atoms with van der Waals surface area (Å²) >= 11 is 0. The fraction of sp³-hybridized carbons (Fsp3) is 0.350. The number of nitrogens with one attached hydrogen (secondary N) is 1. The van der Waals surface area contributed by atoms with Crippen LogP contribution in [-0.2, 0) is 27.8 Å². The summed E-state index contributed by atoms with van der Waals surface area (Å²) in [5.41, 5.74) is 3.21. The number of benzene rings is 2. The van der Waals surface area contributed by atoms with Crippen LogP contribution in [0.1, 0.15) is 30.4 Å². The van der Waals surface area contributed by atoms with Gasteiger partial charge in [-0.3, -0.25) is 4.79 Å². The molecule has 0 atom stereocenters. The molecule has 1 amide bonds. The first-order chi connectivity index (χ1) is 12.9. The lowest BCUT2D eigenvalue weighted by Gasteiger charge is -2.17. The van der Waals surface area contributed by atoms with Crippen LogP contribution in [-0.4, -0.2) is 27.4 Å². The molecule has 2 aromatic carbocycles. The molecule has 1 aliphatic rings. The largest absolute Gasteiger partial charge is 0.372 e. The van der Waals surface area contributed by atoms with E-state index >= 15 is 0 Å². The molecule has 1 fully saturated rings. The summed E-state index contributed by atoms with van der Waals surface area (Å²) in [6, 6.07) is 14.6. The lowest BCUT2D eigenvalue weighted by Crippen LogP contribution is -2.23. The van der Waals surface area contributed by atoms with Crippen molar-refractivity contribution in [2.24, 2.45) is 5.14 Å². The van der Waals surface area contributed by atoms with Gasteiger partial charge in [0.2, 0.25) is 15.9 Å². The van der Waals surface area contributed by atoms with E-state index in [2.05, 4.69) is 34.5 Å². The third-order valence-corrected chi connectivity index (χ3v) is 5.72. The topological polar surface area (TPSA) is 92.5 Å². The number of primary sulfonamides is 1. The number of rotatable bonds is 7. The third-order valence-electron chi connectivity index (χ3n) is 4.79. The number of carbonyl (C=O) groups is 1. The van der Waals surface area contributed by atoms with E-state index in [4.69, 9.17) is 5.14 Å². The highest BCUT2D eigenvalue weighted by molar-refractivity contribution is 7.89. The van der Waals surface area contributed by atoms with E-state index in [0.29, 0.717) is 19.4 Å². The maximum absolute atomic E-state index is 12.1. The van der Waals surface area contributed by atoms with Crippen molar-refractivity contribution in [3.63, 3.8) is 0 Å². The van der Waals surface area contributed by atoms with Crippen molar-refractivity contribution in [3.05, 3.63) is 59.7 Å². The van der Waals surface area contributed by atoms with Gasteiger partial charge in [0.05, 0.1) is 4.90 Å². The Kier molecular flexibility index (Phi) is 6.13. The predicted octanol–water partition coefficient (Wildman–Crippen LogP) is 2.18. The van der Waals surface area contributed by atoms with Crippen molar-refractivity contribution in [1.29, 1.82) is 0 Å². The van der Waals surface area contributed by atoms with E-state index in [1.807, 2.05) is 0 Å². The van der Waals surface area contributed by atoms with Gasteiger partial charge in [0, 0.05) is 31.7 Å². The zero-order chi connectivity index (χ0) is 19.3. The van der Waals surface area contributed by atoms with E-state index < -0.39 is 10.0 Å². The van der Waals surface area contributed by atoms with Gasteiger partial charge in [-0.25, -0.2) is 13.6 Å². The molecule has 1 aliphatic heterocycles. The van der Waals surface area contributed by atoms with Gasteiger partial charge in [0.25, 0.3) is 0 Å². The Morgan fingerprint density at radius 2 is 1.56 bits per heavy atom. The van der Waals surface area contributed by atoms with Crippen LogP contribution in [0.15, 0.2) is 53.4 Å². The maximum Gasteiger partial charge on any atom is 0.238 e. The number of carbonyl (C=O) groups excluding carboxylic acids is 1. The Labute approximate surface area is 160 Å². The summed E-state index contributed by atoms with van der Waals surface area (Å²) in [5, 5.41) is 8.00. The number of nitrogens with zero attached hydrogens (tertiary/aromatic N) is 1. The van der Waals surface area contributed by atoms with Gasteiger partial charge in [-0.15, -0.1) is 0 Å². The van der Waals surface area contributed by atoms with Gasteiger partial charge in [0.1, 0.15) is 0 Å². The second-order valence-electron chi connectivity index (χ2n) is 6.83. The van der Waals surface area contributed by atoms with Gasteiger partial charge in [0.15, 0.2) is 0 Å². The van der Waals surface area contributed by atoms with Gasteiger partial charge in [-0.1, -0.05) is 24.3 Å². The average Bonchev–Trinajstić information content (AvgIpc) is 3.19. The zero-order valence-electron chi connectivity index (χ0n) is 15.2. The smallest absolute Gasteiger partial charge is 0.238 e. The molecule has 0 spiro atoms. The average molecular weight is 388 g/mol. The Balaban J connectivity index is 1.44. The fourth-order valence-electron chi connectivity index (χ4n) is 3.19. The normalized spacial score (nSPS) is 14.3. The SMILES string of the molecule is NS(=O)(=O)c1ccc(CCC(=O)NCc2ccc(N3CCCC3)cc2)cc1.